The maximum atomic E-state index is 6.06. The third kappa shape index (κ3) is 7.26. The van der Waals surface area contributed by atoms with E-state index >= 15 is 0 Å². The molecule has 10 nitrogen and oxygen atoms in total. The van der Waals surface area contributed by atoms with E-state index in [4.69, 9.17) is 33.9 Å². The molecule has 0 saturated heterocycles. The van der Waals surface area contributed by atoms with Crippen molar-refractivity contribution in [3.05, 3.63) is 69.2 Å². The SMILES string of the molecule is S=c1[nH]nc2n1/N=C\c1ccccc1OCCCOc1ccccc1/C=N/n1c(n[nH]c1=S)SCCCCS2. The molecule has 0 saturated carbocycles. The van der Waals surface area contributed by atoms with Gasteiger partial charge in [0.25, 0.3) is 0 Å². The number of aromatic amines is 2. The first-order chi connectivity index (χ1) is 19.2. The zero-order valence-corrected chi connectivity index (χ0v) is 24.1. The van der Waals surface area contributed by atoms with Gasteiger partial charge in [-0.1, -0.05) is 47.8 Å². The number of para-hydroxylation sites is 2. The number of benzene rings is 2. The van der Waals surface area contributed by atoms with E-state index in [9.17, 15) is 0 Å². The van der Waals surface area contributed by atoms with Crippen LogP contribution in [0.1, 0.15) is 30.4 Å². The lowest BCUT2D eigenvalue weighted by Crippen LogP contribution is -2.07. The number of aromatic nitrogens is 6. The minimum Gasteiger partial charge on any atom is -0.493 e. The Hall–Kier alpha value is -3.20. The molecule has 0 unspecified atom stereocenters. The summed E-state index contributed by atoms with van der Waals surface area (Å²) < 4.78 is 16.3. The molecule has 39 heavy (non-hydrogen) atoms. The van der Waals surface area contributed by atoms with Crippen LogP contribution in [0.25, 0.3) is 0 Å². The third-order valence-corrected chi connectivity index (χ3v) is 8.07. The smallest absolute Gasteiger partial charge is 0.217 e. The van der Waals surface area contributed by atoms with Gasteiger partial charge < -0.3 is 9.47 Å². The lowest BCUT2D eigenvalue weighted by molar-refractivity contribution is 0.247. The van der Waals surface area contributed by atoms with Gasteiger partial charge in [0.05, 0.1) is 25.6 Å². The van der Waals surface area contributed by atoms with E-state index in [1.807, 2.05) is 48.5 Å². The Labute approximate surface area is 243 Å². The second-order valence-corrected chi connectivity index (χ2v) is 11.2. The van der Waals surface area contributed by atoms with Crippen molar-refractivity contribution in [2.24, 2.45) is 10.2 Å². The molecular formula is C25H26N8O2S4. The van der Waals surface area contributed by atoms with E-state index in [1.165, 1.54) is 0 Å². The molecule has 1 aliphatic heterocycles. The molecule has 1 aliphatic rings. The van der Waals surface area contributed by atoms with Crippen LogP contribution < -0.4 is 9.47 Å². The second kappa shape index (κ2) is 13.7. The molecule has 0 spiro atoms. The molecule has 0 atom stereocenters. The Morgan fingerprint density at radius 3 is 1.62 bits per heavy atom. The molecule has 2 N–H and O–H groups in total. The van der Waals surface area contributed by atoms with Crippen LogP contribution in [-0.4, -0.2) is 66.9 Å². The predicted molar refractivity (Wildman–Crippen MR) is 160 cm³/mol. The van der Waals surface area contributed by atoms with Crippen molar-refractivity contribution in [3.8, 4) is 11.5 Å². The first-order valence-corrected chi connectivity index (χ1v) is 15.1. The summed E-state index contributed by atoms with van der Waals surface area (Å²) in [6, 6.07) is 15.5. The molecule has 0 bridgehead atoms. The maximum absolute atomic E-state index is 6.06. The molecule has 0 radical (unpaired) electrons. The van der Waals surface area contributed by atoms with Crippen LogP contribution in [0.5, 0.6) is 11.5 Å². The maximum Gasteiger partial charge on any atom is 0.217 e. The molecule has 2 aromatic heterocycles. The highest BCUT2D eigenvalue weighted by atomic mass is 32.2. The Morgan fingerprint density at radius 1 is 0.667 bits per heavy atom. The first kappa shape index (κ1) is 27.4. The summed E-state index contributed by atoms with van der Waals surface area (Å²) in [4.78, 5) is 0. The van der Waals surface area contributed by atoms with Gasteiger partial charge in [-0.2, -0.15) is 19.6 Å². The normalized spacial score (nSPS) is 16.8. The monoisotopic (exact) mass is 598 g/mol. The number of rotatable bonds is 0. The van der Waals surface area contributed by atoms with Crippen molar-refractivity contribution >= 4 is 60.4 Å². The fourth-order valence-electron chi connectivity index (χ4n) is 3.58. The Kier molecular flexibility index (Phi) is 9.64. The van der Waals surface area contributed by atoms with E-state index in [2.05, 4.69) is 30.6 Å². The van der Waals surface area contributed by atoms with Gasteiger partial charge in [0, 0.05) is 29.1 Å². The lowest BCUT2D eigenvalue weighted by atomic mass is 10.2. The topological polar surface area (TPSA) is 110 Å². The van der Waals surface area contributed by atoms with Gasteiger partial charge >= 0.3 is 0 Å². The van der Waals surface area contributed by atoms with Gasteiger partial charge in [-0.05, 0) is 61.5 Å². The summed E-state index contributed by atoms with van der Waals surface area (Å²) in [5.74, 6) is 3.22. The zero-order chi connectivity index (χ0) is 26.9. The van der Waals surface area contributed by atoms with Crippen molar-refractivity contribution in [2.75, 3.05) is 24.7 Å². The fraction of sp³-hybridized carbons (Fsp3) is 0.280. The number of ether oxygens (including phenoxy) is 2. The van der Waals surface area contributed by atoms with E-state index in [-0.39, 0.29) is 0 Å². The van der Waals surface area contributed by atoms with Crippen molar-refractivity contribution in [2.45, 2.75) is 29.6 Å². The number of H-pyrrole nitrogens is 2. The molecule has 0 amide bonds. The van der Waals surface area contributed by atoms with Crippen LogP contribution in [0.2, 0.25) is 0 Å². The summed E-state index contributed by atoms with van der Waals surface area (Å²) in [5.41, 5.74) is 1.70. The number of nitrogens with one attached hydrogen (secondary N) is 2. The molecule has 3 heterocycles. The summed E-state index contributed by atoms with van der Waals surface area (Å²) >= 11 is 14.0. The predicted octanol–water partition coefficient (Wildman–Crippen LogP) is 5.79. The standard InChI is InChI=1S/C25H26N8O2S4/c36-22-28-30-24-32(22)26-16-18-8-1-3-10-20(18)34-12-7-13-35-21-11-4-2-9-19(21)17-27-33-23(37)29-31-25(33)39-15-6-5-14-38-24/h1-4,8-11,16-17H,5-7,12-15H2,(H,28,36)(H,29,37)/b26-16-,27-17+. The van der Waals surface area contributed by atoms with Crippen LogP contribution >= 0.6 is 48.0 Å². The highest BCUT2D eigenvalue weighted by Crippen LogP contribution is 2.22. The minimum atomic E-state index is 0.439. The van der Waals surface area contributed by atoms with E-state index in [1.54, 1.807) is 45.3 Å². The largest absolute Gasteiger partial charge is 0.493 e. The molecule has 202 valence electrons. The molecule has 14 heteroatoms. The van der Waals surface area contributed by atoms with Crippen LogP contribution in [0.3, 0.4) is 0 Å². The average molecular weight is 599 g/mol. The Bertz CT molecular complexity index is 1460. The molecule has 0 aliphatic carbocycles. The van der Waals surface area contributed by atoms with Gasteiger partial charge in [-0.15, -0.1) is 10.2 Å². The van der Waals surface area contributed by atoms with Gasteiger partial charge in [0.2, 0.25) is 19.9 Å². The minimum absolute atomic E-state index is 0.439. The van der Waals surface area contributed by atoms with Crippen molar-refractivity contribution in [3.63, 3.8) is 0 Å². The summed E-state index contributed by atoms with van der Waals surface area (Å²) in [5, 5.41) is 25.0. The van der Waals surface area contributed by atoms with Crippen LogP contribution in [0.15, 0.2) is 69.0 Å². The number of hydrogen-bond acceptors (Lipinski definition) is 10. The van der Waals surface area contributed by atoms with Gasteiger partial charge in [0.15, 0.2) is 0 Å². The first-order valence-electron chi connectivity index (χ1n) is 12.3. The van der Waals surface area contributed by atoms with Crippen molar-refractivity contribution < 1.29 is 9.47 Å². The average Bonchev–Trinajstić information content (AvgIpc) is 3.49. The van der Waals surface area contributed by atoms with Gasteiger partial charge in [-0.25, -0.2) is 10.2 Å². The third-order valence-electron chi connectivity index (χ3n) is 5.51. The fourth-order valence-corrected chi connectivity index (χ4v) is 5.85. The summed E-state index contributed by atoms with van der Waals surface area (Å²) in [6.07, 6.45) is 6.15. The number of thioether (sulfide) groups is 2. The summed E-state index contributed by atoms with van der Waals surface area (Å²) in [6.45, 7) is 0.968. The second-order valence-electron chi connectivity index (χ2n) is 8.27. The van der Waals surface area contributed by atoms with Crippen LogP contribution in [0, 0.1) is 9.54 Å². The van der Waals surface area contributed by atoms with E-state index in [0.717, 1.165) is 47.0 Å². The van der Waals surface area contributed by atoms with Gasteiger partial charge in [-0.3, -0.25) is 0 Å². The molecule has 0 fully saturated rings. The van der Waals surface area contributed by atoms with Crippen LogP contribution in [0.4, 0.5) is 0 Å². The molecule has 5 rings (SSSR count). The van der Waals surface area contributed by atoms with Crippen molar-refractivity contribution in [1.82, 2.24) is 29.7 Å². The zero-order valence-electron chi connectivity index (χ0n) is 20.9. The highest BCUT2D eigenvalue weighted by molar-refractivity contribution is 7.99. The highest BCUT2D eigenvalue weighted by Gasteiger charge is 2.09. The number of fused-ring (bicyclic) bond motifs is 4. The van der Waals surface area contributed by atoms with Crippen LogP contribution in [-0.2, 0) is 0 Å². The number of nitrogens with zero attached hydrogens (tertiary/aromatic N) is 6. The lowest BCUT2D eigenvalue weighted by Gasteiger charge is -2.11. The van der Waals surface area contributed by atoms with E-state index < -0.39 is 0 Å². The number of hydrogen-bond donors (Lipinski definition) is 2. The Balaban J connectivity index is 1.36. The Morgan fingerprint density at radius 2 is 1.13 bits per heavy atom. The molecule has 2 aromatic carbocycles. The quantitative estimate of drug-likeness (QED) is 0.245. The molecule has 4 aromatic rings. The van der Waals surface area contributed by atoms with E-state index in [0.29, 0.717) is 39.5 Å². The summed E-state index contributed by atoms with van der Waals surface area (Å²) in [7, 11) is 0. The van der Waals surface area contributed by atoms with Gasteiger partial charge in [0.1, 0.15) is 11.5 Å². The molecular weight excluding hydrogens is 573 g/mol. The van der Waals surface area contributed by atoms with Crippen molar-refractivity contribution in [1.29, 1.82) is 0 Å².